The lowest BCUT2D eigenvalue weighted by Crippen LogP contribution is -2.25. The SMILES string of the molecule is CNC(c1ccc2c(c1)OCCO2)C1(C)CC1. The average molecular weight is 233 g/mol. The zero-order chi connectivity index (χ0) is 11.9. The highest BCUT2D eigenvalue weighted by Crippen LogP contribution is 2.54. The lowest BCUT2D eigenvalue weighted by molar-refractivity contribution is 0.171. The van der Waals surface area contributed by atoms with E-state index in [0.717, 1.165) is 11.5 Å². The Bertz CT molecular complexity index is 426. The number of ether oxygens (including phenoxy) is 2. The number of nitrogens with one attached hydrogen (secondary N) is 1. The number of benzene rings is 1. The topological polar surface area (TPSA) is 30.5 Å². The molecule has 17 heavy (non-hydrogen) atoms. The van der Waals surface area contributed by atoms with Crippen molar-refractivity contribution in [3.63, 3.8) is 0 Å². The second-order valence-corrected chi connectivity index (χ2v) is 5.28. The second-order valence-electron chi connectivity index (χ2n) is 5.28. The monoisotopic (exact) mass is 233 g/mol. The normalized spacial score (nSPS) is 22.0. The minimum Gasteiger partial charge on any atom is -0.486 e. The summed E-state index contributed by atoms with van der Waals surface area (Å²) >= 11 is 0. The zero-order valence-electron chi connectivity index (χ0n) is 10.5. The standard InChI is InChI=1S/C14H19NO2/c1-14(5-6-14)13(15-2)10-3-4-11-12(9-10)17-8-7-16-11/h3-4,9,13,15H,5-8H2,1-2H3. The third kappa shape index (κ3) is 1.89. The van der Waals surface area contributed by atoms with Crippen molar-refractivity contribution in [2.75, 3.05) is 20.3 Å². The van der Waals surface area contributed by atoms with Gasteiger partial charge in [-0.25, -0.2) is 0 Å². The summed E-state index contributed by atoms with van der Waals surface area (Å²) in [7, 11) is 2.03. The third-order valence-corrected chi connectivity index (χ3v) is 3.92. The molecular weight excluding hydrogens is 214 g/mol. The maximum absolute atomic E-state index is 5.64. The number of fused-ring (bicyclic) bond motifs is 1. The summed E-state index contributed by atoms with van der Waals surface area (Å²) in [5.41, 5.74) is 1.72. The van der Waals surface area contributed by atoms with Gasteiger partial charge in [0.1, 0.15) is 13.2 Å². The Balaban J connectivity index is 1.92. The van der Waals surface area contributed by atoms with Crippen molar-refractivity contribution in [2.45, 2.75) is 25.8 Å². The molecule has 0 radical (unpaired) electrons. The van der Waals surface area contributed by atoms with E-state index in [9.17, 15) is 0 Å². The molecule has 3 nitrogen and oxygen atoms in total. The minimum absolute atomic E-state index is 0.415. The van der Waals surface area contributed by atoms with Crippen LogP contribution in [-0.4, -0.2) is 20.3 Å². The van der Waals surface area contributed by atoms with Crippen molar-refractivity contribution in [3.8, 4) is 11.5 Å². The summed E-state index contributed by atoms with van der Waals surface area (Å²) < 4.78 is 11.2. The minimum atomic E-state index is 0.415. The van der Waals surface area contributed by atoms with Gasteiger partial charge in [0, 0.05) is 6.04 Å². The lowest BCUT2D eigenvalue weighted by atomic mass is 9.91. The van der Waals surface area contributed by atoms with Crippen LogP contribution in [0.25, 0.3) is 0 Å². The molecule has 0 saturated heterocycles. The number of hydrogen-bond donors (Lipinski definition) is 1. The summed E-state index contributed by atoms with van der Waals surface area (Å²) in [4.78, 5) is 0. The van der Waals surface area contributed by atoms with Crippen LogP contribution in [-0.2, 0) is 0 Å². The fourth-order valence-electron chi connectivity index (χ4n) is 2.64. The van der Waals surface area contributed by atoms with Gasteiger partial charge in [-0.2, -0.15) is 0 Å². The lowest BCUT2D eigenvalue weighted by Gasteiger charge is -2.26. The van der Waals surface area contributed by atoms with Crippen LogP contribution < -0.4 is 14.8 Å². The Hall–Kier alpha value is -1.22. The molecule has 0 aromatic heterocycles. The molecule has 2 aliphatic rings. The maximum Gasteiger partial charge on any atom is 0.161 e. The van der Waals surface area contributed by atoms with E-state index < -0.39 is 0 Å². The van der Waals surface area contributed by atoms with E-state index in [1.807, 2.05) is 13.1 Å². The molecular formula is C14H19NO2. The van der Waals surface area contributed by atoms with Crippen molar-refractivity contribution < 1.29 is 9.47 Å². The van der Waals surface area contributed by atoms with Crippen LogP contribution in [0.15, 0.2) is 18.2 Å². The van der Waals surface area contributed by atoms with Gasteiger partial charge < -0.3 is 14.8 Å². The van der Waals surface area contributed by atoms with E-state index in [2.05, 4.69) is 24.4 Å². The molecule has 3 heteroatoms. The van der Waals surface area contributed by atoms with Crippen LogP contribution in [0, 0.1) is 5.41 Å². The summed E-state index contributed by atoms with van der Waals surface area (Å²) in [6.07, 6.45) is 2.60. The first kappa shape index (κ1) is 10.9. The van der Waals surface area contributed by atoms with Gasteiger partial charge in [0.2, 0.25) is 0 Å². The fourth-order valence-corrected chi connectivity index (χ4v) is 2.64. The fraction of sp³-hybridized carbons (Fsp3) is 0.571. The highest BCUT2D eigenvalue weighted by molar-refractivity contribution is 5.45. The molecule has 3 rings (SSSR count). The van der Waals surface area contributed by atoms with E-state index in [0.29, 0.717) is 24.7 Å². The van der Waals surface area contributed by atoms with Crippen molar-refractivity contribution >= 4 is 0 Å². The largest absolute Gasteiger partial charge is 0.486 e. The molecule has 1 aromatic carbocycles. The number of rotatable bonds is 3. The summed E-state index contributed by atoms with van der Waals surface area (Å²) in [5.74, 6) is 1.76. The molecule has 1 aliphatic carbocycles. The van der Waals surface area contributed by atoms with Gasteiger partial charge in [-0.1, -0.05) is 13.0 Å². The van der Waals surface area contributed by atoms with E-state index in [1.54, 1.807) is 0 Å². The molecule has 0 spiro atoms. The Morgan fingerprint density at radius 3 is 2.53 bits per heavy atom. The molecule has 1 heterocycles. The molecule has 92 valence electrons. The highest BCUT2D eigenvalue weighted by Gasteiger charge is 2.45. The highest BCUT2D eigenvalue weighted by atomic mass is 16.6. The molecule has 0 amide bonds. The van der Waals surface area contributed by atoms with Gasteiger partial charge in [-0.05, 0) is 43.0 Å². The van der Waals surface area contributed by atoms with Crippen molar-refractivity contribution in [1.29, 1.82) is 0 Å². The van der Waals surface area contributed by atoms with Crippen LogP contribution in [0.4, 0.5) is 0 Å². The second kappa shape index (κ2) is 3.91. The van der Waals surface area contributed by atoms with Crippen LogP contribution in [0.3, 0.4) is 0 Å². The summed E-state index contributed by atoms with van der Waals surface area (Å²) in [6, 6.07) is 6.72. The van der Waals surface area contributed by atoms with Gasteiger partial charge in [-0.15, -0.1) is 0 Å². The molecule has 1 aliphatic heterocycles. The zero-order valence-corrected chi connectivity index (χ0v) is 10.5. The van der Waals surface area contributed by atoms with Crippen LogP contribution >= 0.6 is 0 Å². The van der Waals surface area contributed by atoms with E-state index in [4.69, 9.17) is 9.47 Å². The van der Waals surface area contributed by atoms with Crippen LogP contribution in [0.5, 0.6) is 11.5 Å². The van der Waals surface area contributed by atoms with E-state index >= 15 is 0 Å². The molecule has 1 N–H and O–H groups in total. The van der Waals surface area contributed by atoms with Crippen LogP contribution in [0.2, 0.25) is 0 Å². The Morgan fingerprint density at radius 2 is 1.88 bits per heavy atom. The number of hydrogen-bond acceptors (Lipinski definition) is 3. The van der Waals surface area contributed by atoms with Crippen molar-refractivity contribution in [3.05, 3.63) is 23.8 Å². The van der Waals surface area contributed by atoms with Crippen molar-refractivity contribution in [2.24, 2.45) is 5.41 Å². The maximum atomic E-state index is 5.64. The van der Waals surface area contributed by atoms with Gasteiger partial charge >= 0.3 is 0 Å². The first-order valence-corrected chi connectivity index (χ1v) is 6.30. The van der Waals surface area contributed by atoms with E-state index in [1.165, 1.54) is 18.4 Å². The Kier molecular flexibility index (Phi) is 2.51. The van der Waals surface area contributed by atoms with Crippen molar-refractivity contribution in [1.82, 2.24) is 5.32 Å². The molecule has 0 bridgehead atoms. The Labute approximate surface area is 102 Å². The van der Waals surface area contributed by atoms with Gasteiger partial charge in [0.05, 0.1) is 0 Å². The molecule has 1 saturated carbocycles. The molecule has 1 fully saturated rings. The van der Waals surface area contributed by atoms with Gasteiger partial charge in [0.15, 0.2) is 11.5 Å². The first-order chi connectivity index (χ1) is 8.23. The quantitative estimate of drug-likeness (QED) is 0.870. The molecule has 1 aromatic rings. The smallest absolute Gasteiger partial charge is 0.161 e. The summed E-state index contributed by atoms with van der Waals surface area (Å²) in [6.45, 7) is 3.64. The predicted octanol–water partition coefficient (Wildman–Crippen LogP) is 2.52. The Morgan fingerprint density at radius 1 is 1.18 bits per heavy atom. The van der Waals surface area contributed by atoms with Crippen LogP contribution in [0.1, 0.15) is 31.4 Å². The van der Waals surface area contributed by atoms with Gasteiger partial charge in [0.25, 0.3) is 0 Å². The van der Waals surface area contributed by atoms with E-state index in [-0.39, 0.29) is 0 Å². The molecule has 1 unspecified atom stereocenters. The molecule has 1 atom stereocenters. The first-order valence-electron chi connectivity index (χ1n) is 6.30. The average Bonchev–Trinajstić information content (AvgIpc) is 3.09. The van der Waals surface area contributed by atoms with Gasteiger partial charge in [-0.3, -0.25) is 0 Å². The predicted molar refractivity (Wildman–Crippen MR) is 66.6 cm³/mol. The summed E-state index contributed by atoms with van der Waals surface area (Å²) in [5, 5.41) is 3.43. The third-order valence-electron chi connectivity index (χ3n) is 3.92.